The number of benzene rings is 2. The lowest BCUT2D eigenvalue weighted by Crippen LogP contribution is -2.46. The Hall–Kier alpha value is -1.71. The lowest BCUT2D eigenvalue weighted by atomic mass is 9.85. The molecule has 2 aromatic rings. The van der Waals surface area contributed by atoms with Gasteiger partial charge in [0.15, 0.2) is 0 Å². The Morgan fingerprint density at radius 1 is 1.11 bits per heavy atom. The van der Waals surface area contributed by atoms with Crippen LogP contribution >= 0.6 is 22.6 Å². The second-order valence-corrected chi connectivity index (χ2v) is 9.69. The van der Waals surface area contributed by atoms with Crippen molar-refractivity contribution in [3.05, 3.63) is 75.7 Å². The van der Waals surface area contributed by atoms with E-state index in [1.54, 1.807) is 0 Å². The fourth-order valence-electron chi connectivity index (χ4n) is 3.31. The van der Waals surface area contributed by atoms with Crippen molar-refractivity contribution in [3.8, 4) is 0 Å². The van der Waals surface area contributed by atoms with Crippen LogP contribution in [0.15, 0.2) is 66.6 Å². The molecular formula is C20H21IN2O3S. The number of amides is 1. The van der Waals surface area contributed by atoms with Crippen LogP contribution in [0.5, 0.6) is 0 Å². The van der Waals surface area contributed by atoms with Gasteiger partial charge in [-0.05, 0) is 64.8 Å². The molecule has 3 rings (SSSR count). The minimum Gasteiger partial charge on any atom is -0.326 e. The summed E-state index contributed by atoms with van der Waals surface area (Å²) in [5.41, 5.74) is 1.74. The van der Waals surface area contributed by atoms with Crippen molar-refractivity contribution in [3.63, 3.8) is 0 Å². The van der Waals surface area contributed by atoms with Crippen LogP contribution in [-0.2, 0) is 14.8 Å². The number of halogens is 1. The summed E-state index contributed by atoms with van der Waals surface area (Å²) in [6.45, 7) is 3.93. The zero-order valence-corrected chi connectivity index (χ0v) is 17.7. The fourth-order valence-corrected chi connectivity index (χ4v) is 4.65. The SMILES string of the molecule is C=CS(=O)(=O)N1CC(C(=O)Nc2ccc(I)cc2)CC(c2ccccc2)C1. The van der Waals surface area contributed by atoms with E-state index < -0.39 is 15.9 Å². The van der Waals surface area contributed by atoms with Crippen molar-refractivity contribution >= 4 is 44.2 Å². The molecule has 0 spiro atoms. The van der Waals surface area contributed by atoms with Crippen molar-refractivity contribution in [1.29, 1.82) is 0 Å². The third kappa shape index (κ3) is 4.97. The van der Waals surface area contributed by atoms with Gasteiger partial charge in [-0.3, -0.25) is 4.79 Å². The van der Waals surface area contributed by atoms with Crippen LogP contribution in [-0.4, -0.2) is 31.7 Å². The van der Waals surface area contributed by atoms with Gasteiger partial charge in [0, 0.05) is 27.8 Å². The zero-order valence-electron chi connectivity index (χ0n) is 14.7. The van der Waals surface area contributed by atoms with Crippen LogP contribution in [0.25, 0.3) is 0 Å². The molecule has 2 aromatic carbocycles. The lowest BCUT2D eigenvalue weighted by Gasteiger charge is -2.36. The van der Waals surface area contributed by atoms with E-state index in [0.717, 1.165) is 14.5 Å². The number of hydrogen-bond donors (Lipinski definition) is 1. The normalized spacial score (nSPS) is 20.8. The van der Waals surface area contributed by atoms with Gasteiger partial charge in [-0.25, -0.2) is 8.42 Å². The van der Waals surface area contributed by atoms with Gasteiger partial charge >= 0.3 is 0 Å². The van der Waals surface area contributed by atoms with Gasteiger partial charge in [-0.2, -0.15) is 4.31 Å². The molecule has 1 aliphatic rings. The highest BCUT2D eigenvalue weighted by molar-refractivity contribution is 14.1. The van der Waals surface area contributed by atoms with E-state index in [9.17, 15) is 13.2 Å². The molecule has 0 aromatic heterocycles. The maximum Gasteiger partial charge on any atom is 0.235 e. The van der Waals surface area contributed by atoms with Gasteiger partial charge < -0.3 is 5.32 Å². The third-order valence-electron chi connectivity index (χ3n) is 4.74. The molecule has 1 saturated heterocycles. The molecule has 1 N–H and O–H groups in total. The number of anilines is 1. The number of carbonyl (C=O) groups excluding carboxylic acids is 1. The molecular weight excluding hydrogens is 475 g/mol. The van der Waals surface area contributed by atoms with E-state index in [4.69, 9.17) is 0 Å². The van der Waals surface area contributed by atoms with Crippen molar-refractivity contribution in [2.24, 2.45) is 5.92 Å². The van der Waals surface area contributed by atoms with Crippen molar-refractivity contribution < 1.29 is 13.2 Å². The first-order valence-electron chi connectivity index (χ1n) is 8.63. The van der Waals surface area contributed by atoms with E-state index in [-0.39, 0.29) is 18.4 Å². The molecule has 1 aliphatic heterocycles. The fraction of sp³-hybridized carbons (Fsp3) is 0.250. The monoisotopic (exact) mass is 496 g/mol. The quantitative estimate of drug-likeness (QED) is 0.641. The van der Waals surface area contributed by atoms with E-state index in [2.05, 4.69) is 34.5 Å². The first kappa shape index (κ1) is 20.0. The maximum absolute atomic E-state index is 12.8. The summed E-state index contributed by atoms with van der Waals surface area (Å²) in [5, 5.41) is 3.86. The molecule has 27 heavy (non-hydrogen) atoms. The second kappa shape index (κ2) is 8.53. The van der Waals surface area contributed by atoms with E-state index in [1.165, 1.54) is 4.31 Å². The molecule has 5 nitrogen and oxygen atoms in total. The van der Waals surface area contributed by atoms with Gasteiger partial charge in [-0.15, -0.1) is 0 Å². The number of nitrogens with zero attached hydrogens (tertiary/aromatic N) is 1. The summed E-state index contributed by atoms with van der Waals surface area (Å²) in [6, 6.07) is 17.2. The van der Waals surface area contributed by atoms with Gasteiger partial charge in [0.2, 0.25) is 15.9 Å². The average molecular weight is 496 g/mol. The topological polar surface area (TPSA) is 66.5 Å². The molecule has 7 heteroatoms. The zero-order chi connectivity index (χ0) is 19.4. The lowest BCUT2D eigenvalue weighted by molar-refractivity contribution is -0.121. The Kier molecular flexibility index (Phi) is 6.33. The number of piperidine rings is 1. The van der Waals surface area contributed by atoms with Crippen molar-refractivity contribution in [2.75, 3.05) is 18.4 Å². The van der Waals surface area contributed by atoms with Crippen LogP contribution < -0.4 is 5.32 Å². The molecule has 0 aliphatic carbocycles. The van der Waals surface area contributed by atoms with Crippen LogP contribution in [0.3, 0.4) is 0 Å². The van der Waals surface area contributed by atoms with Gasteiger partial charge in [-0.1, -0.05) is 36.9 Å². The second-order valence-electron chi connectivity index (χ2n) is 6.56. The molecule has 2 unspecified atom stereocenters. The molecule has 1 amide bonds. The average Bonchev–Trinajstić information content (AvgIpc) is 2.70. The Bertz CT molecular complexity index is 914. The van der Waals surface area contributed by atoms with Crippen LogP contribution in [0, 0.1) is 9.49 Å². The Morgan fingerprint density at radius 3 is 2.41 bits per heavy atom. The highest BCUT2D eigenvalue weighted by Crippen LogP contribution is 2.32. The first-order chi connectivity index (χ1) is 12.9. The summed E-state index contributed by atoms with van der Waals surface area (Å²) in [7, 11) is -3.59. The van der Waals surface area contributed by atoms with Crippen LogP contribution in [0.1, 0.15) is 17.9 Å². The summed E-state index contributed by atoms with van der Waals surface area (Å²) in [5.74, 6) is -0.638. The highest BCUT2D eigenvalue weighted by atomic mass is 127. The Morgan fingerprint density at radius 2 is 1.78 bits per heavy atom. The Labute approximate surface area is 173 Å². The van der Waals surface area contributed by atoms with Crippen molar-refractivity contribution in [2.45, 2.75) is 12.3 Å². The standard InChI is InChI=1S/C20H21IN2O3S/c1-2-27(25,26)23-13-16(15-6-4-3-5-7-15)12-17(14-23)20(24)22-19-10-8-18(21)9-11-19/h2-11,16-17H,1,12-14H2,(H,22,24). The number of rotatable bonds is 5. The summed E-state index contributed by atoms with van der Waals surface area (Å²) in [4.78, 5) is 12.8. The van der Waals surface area contributed by atoms with E-state index in [1.807, 2.05) is 54.6 Å². The number of nitrogens with one attached hydrogen (secondary N) is 1. The van der Waals surface area contributed by atoms with Gasteiger partial charge in [0.1, 0.15) is 0 Å². The minimum absolute atomic E-state index is 0.0397. The van der Waals surface area contributed by atoms with Gasteiger partial charge in [0.25, 0.3) is 0 Å². The van der Waals surface area contributed by atoms with E-state index >= 15 is 0 Å². The van der Waals surface area contributed by atoms with Crippen LogP contribution in [0.4, 0.5) is 5.69 Å². The smallest absolute Gasteiger partial charge is 0.235 e. The largest absolute Gasteiger partial charge is 0.326 e. The number of carbonyl (C=O) groups is 1. The summed E-state index contributed by atoms with van der Waals surface area (Å²) in [6.07, 6.45) is 0.601. The number of sulfonamides is 1. The predicted molar refractivity (Wildman–Crippen MR) is 116 cm³/mol. The molecule has 1 fully saturated rings. The molecule has 0 radical (unpaired) electrons. The highest BCUT2D eigenvalue weighted by Gasteiger charge is 2.36. The van der Waals surface area contributed by atoms with E-state index in [0.29, 0.717) is 18.7 Å². The molecule has 2 atom stereocenters. The summed E-state index contributed by atoms with van der Waals surface area (Å²) >= 11 is 2.20. The minimum atomic E-state index is -3.59. The first-order valence-corrected chi connectivity index (χ1v) is 11.2. The predicted octanol–water partition coefficient (Wildman–Crippen LogP) is 3.81. The number of hydrogen-bond acceptors (Lipinski definition) is 3. The van der Waals surface area contributed by atoms with Crippen molar-refractivity contribution in [1.82, 2.24) is 4.31 Å². The molecule has 142 valence electrons. The van der Waals surface area contributed by atoms with Gasteiger partial charge in [0.05, 0.1) is 5.92 Å². The maximum atomic E-state index is 12.8. The Balaban J connectivity index is 1.83. The van der Waals surface area contributed by atoms with Crippen LogP contribution in [0.2, 0.25) is 0 Å². The molecule has 0 saturated carbocycles. The summed E-state index contributed by atoms with van der Waals surface area (Å²) < 4.78 is 27.2. The molecule has 0 bridgehead atoms. The molecule has 1 heterocycles. The third-order valence-corrected chi connectivity index (χ3v) is 6.90.